The molecule has 0 radical (unpaired) electrons. The second kappa shape index (κ2) is 5.99. The van der Waals surface area contributed by atoms with Crippen molar-refractivity contribution in [2.24, 2.45) is 5.73 Å². The van der Waals surface area contributed by atoms with Crippen LogP contribution in [-0.4, -0.2) is 55.1 Å². The molecule has 0 aliphatic carbocycles. The van der Waals surface area contributed by atoms with Gasteiger partial charge in [0.2, 0.25) is 0 Å². The normalized spacial score (nSPS) is 24.0. The Balaban J connectivity index is 2.22. The first-order chi connectivity index (χ1) is 7.38. The molecule has 0 aromatic heterocycles. The third kappa shape index (κ3) is 5.28. The molecule has 96 valence electrons. The molecule has 1 aliphatic heterocycles. The summed E-state index contributed by atoms with van der Waals surface area (Å²) in [5, 5.41) is 0. The van der Waals surface area contributed by atoms with Gasteiger partial charge in [0.05, 0.1) is 0 Å². The van der Waals surface area contributed by atoms with Crippen LogP contribution in [0.25, 0.3) is 0 Å². The highest BCUT2D eigenvalue weighted by Crippen LogP contribution is 2.15. The lowest BCUT2D eigenvalue weighted by Crippen LogP contribution is -2.45. The third-order valence-corrected chi connectivity index (χ3v) is 3.51. The first kappa shape index (κ1) is 13.9. The molecule has 3 nitrogen and oxygen atoms in total. The monoisotopic (exact) mass is 227 g/mol. The zero-order chi connectivity index (χ0) is 12.2. The van der Waals surface area contributed by atoms with Crippen LogP contribution in [0.5, 0.6) is 0 Å². The third-order valence-electron chi connectivity index (χ3n) is 3.51. The summed E-state index contributed by atoms with van der Waals surface area (Å²) >= 11 is 0. The van der Waals surface area contributed by atoms with E-state index < -0.39 is 0 Å². The first-order valence-electron chi connectivity index (χ1n) is 6.56. The molecule has 1 aliphatic rings. The fourth-order valence-corrected chi connectivity index (χ4v) is 2.41. The van der Waals surface area contributed by atoms with Gasteiger partial charge in [0.1, 0.15) is 0 Å². The lowest BCUT2D eigenvalue weighted by atomic mass is 9.99. The highest BCUT2D eigenvalue weighted by Gasteiger charge is 2.21. The van der Waals surface area contributed by atoms with Crippen molar-refractivity contribution in [3.63, 3.8) is 0 Å². The van der Waals surface area contributed by atoms with E-state index in [0.717, 1.165) is 12.5 Å². The first-order valence-corrected chi connectivity index (χ1v) is 6.56. The van der Waals surface area contributed by atoms with Gasteiger partial charge in [-0.3, -0.25) is 0 Å². The topological polar surface area (TPSA) is 32.5 Å². The summed E-state index contributed by atoms with van der Waals surface area (Å²) < 4.78 is 0. The number of hydrogen-bond acceptors (Lipinski definition) is 3. The van der Waals surface area contributed by atoms with Crippen LogP contribution in [0, 0.1) is 0 Å². The quantitative estimate of drug-likeness (QED) is 0.773. The van der Waals surface area contributed by atoms with Crippen LogP contribution in [0.1, 0.15) is 39.5 Å². The maximum Gasteiger partial charge on any atom is 0.0217 e. The number of likely N-dealkylation sites (tertiary alicyclic amines) is 1. The van der Waals surface area contributed by atoms with Gasteiger partial charge in [-0.05, 0) is 66.7 Å². The van der Waals surface area contributed by atoms with Crippen molar-refractivity contribution in [3.05, 3.63) is 0 Å². The van der Waals surface area contributed by atoms with Gasteiger partial charge in [-0.15, -0.1) is 0 Å². The Labute approximate surface area is 101 Å². The molecule has 16 heavy (non-hydrogen) atoms. The number of nitrogens with zero attached hydrogens (tertiary/aromatic N) is 2. The summed E-state index contributed by atoms with van der Waals surface area (Å²) in [6.45, 7) is 7.95. The van der Waals surface area contributed by atoms with Gasteiger partial charge < -0.3 is 15.5 Å². The van der Waals surface area contributed by atoms with E-state index in [4.69, 9.17) is 5.73 Å². The zero-order valence-electron chi connectivity index (χ0n) is 11.5. The molecule has 1 unspecified atom stereocenters. The van der Waals surface area contributed by atoms with Crippen LogP contribution in [0.2, 0.25) is 0 Å². The molecule has 1 atom stereocenters. The molecule has 0 saturated carbocycles. The fourth-order valence-electron chi connectivity index (χ4n) is 2.41. The Morgan fingerprint density at radius 2 is 2.06 bits per heavy atom. The number of nitrogens with two attached hydrogens (primary N) is 1. The van der Waals surface area contributed by atoms with Crippen LogP contribution in [0.15, 0.2) is 0 Å². The fraction of sp³-hybridized carbons (Fsp3) is 1.00. The van der Waals surface area contributed by atoms with Crippen molar-refractivity contribution >= 4 is 0 Å². The van der Waals surface area contributed by atoms with Crippen molar-refractivity contribution in [1.29, 1.82) is 0 Å². The zero-order valence-corrected chi connectivity index (χ0v) is 11.5. The summed E-state index contributed by atoms with van der Waals surface area (Å²) in [5.74, 6) is 0. The van der Waals surface area contributed by atoms with Gasteiger partial charge >= 0.3 is 0 Å². The lowest BCUT2D eigenvalue weighted by Gasteiger charge is -2.36. The molecule has 1 rings (SSSR count). The minimum absolute atomic E-state index is 0.00324. The number of likely N-dealkylation sites (N-methyl/N-ethyl adjacent to an activating group) is 1. The number of hydrogen-bond donors (Lipinski definition) is 1. The van der Waals surface area contributed by atoms with Gasteiger partial charge in [-0.2, -0.15) is 0 Å². The van der Waals surface area contributed by atoms with E-state index >= 15 is 0 Å². The molecular formula is C13H29N3. The summed E-state index contributed by atoms with van der Waals surface area (Å²) in [5.41, 5.74) is 6.00. The van der Waals surface area contributed by atoms with Crippen LogP contribution in [0.3, 0.4) is 0 Å². The van der Waals surface area contributed by atoms with E-state index in [1.807, 2.05) is 0 Å². The van der Waals surface area contributed by atoms with Crippen molar-refractivity contribution in [2.45, 2.75) is 51.1 Å². The molecule has 2 N–H and O–H groups in total. The average Bonchev–Trinajstić information content (AvgIpc) is 2.16. The van der Waals surface area contributed by atoms with E-state index in [0.29, 0.717) is 0 Å². The highest BCUT2D eigenvalue weighted by atomic mass is 15.2. The summed E-state index contributed by atoms with van der Waals surface area (Å²) in [6, 6.07) is 0.750. The standard InChI is InChI=1S/C13H29N3/c1-13(2,14)8-6-10-16-9-5-7-12(11-16)15(3)4/h12H,5-11,14H2,1-4H3. The van der Waals surface area contributed by atoms with Gasteiger partial charge in [0, 0.05) is 18.1 Å². The Hall–Kier alpha value is -0.120. The van der Waals surface area contributed by atoms with Gasteiger partial charge in [-0.1, -0.05) is 0 Å². The average molecular weight is 227 g/mol. The molecule has 3 heteroatoms. The maximum absolute atomic E-state index is 6.00. The van der Waals surface area contributed by atoms with Crippen LogP contribution < -0.4 is 5.73 Å². The minimum atomic E-state index is -0.00324. The lowest BCUT2D eigenvalue weighted by molar-refractivity contribution is 0.130. The Kier molecular flexibility index (Phi) is 5.22. The molecule has 0 aromatic carbocycles. The molecule has 0 amide bonds. The van der Waals surface area contributed by atoms with Crippen molar-refractivity contribution < 1.29 is 0 Å². The van der Waals surface area contributed by atoms with E-state index in [1.165, 1.54) is 38.9 Å². The predicted molar refractivity (Wildman–Crippen MR) is 70.6 cm³/mol. The molecule has 1 fully saturated rings. The molecule has 1 saturated heterocycles. The molecule has 0 aromatic rings. The Morgan fingerprint density at radius 1 is 1.38 bits per heavy atom. The second-order valence-electron chi connectivity index (χ2n) is 6.15. The summed E-state index contributed by atoms with van der Waals surface area (Å²) in [7, 11) is 4.38. The Bertz CT molecular complexity index is 196. The number of rotatable bonds is 5. The Morgan fingerprint density at radius 3 is 2.62 bits per heavy atom. The smallest absolute Gasteiger partial charge is 0.0217 e. The van der Waals surface area contributed by atoms with Crippen LogP contribution >= 0.6 is 0 Å². The van der Waals surface area contributed by atoms with E-state index in [9.17, 15) is 0 Å². The molecular weight excluding hydrogens is 198 g/mol. The summed E-state index contributed by atoms with van der Waals surface area (Å²) in [6.07, 6.45) is 5.04. The summed E-state index contributed by atoms with van der Waals surface area (Å²) in [4.78, 5) is 4.96. The van der Waals surface area contributed by atoms with Crippen LogP contribution in [0.4, 0.5) is 0 Å². The molecule has 0 bridgehead atoms. The minimum Gasteiger partial charge on any atom is -0.326 e. The van der Waals surface area contributed by atoms with Crippen LogP contribution in [-0.2, 0) is 0 Å². The second-order valence-corrected chi connectivity index (χ2v) is 6.15. The van der Waals surface area contributed by atoms with E-state index in [1.54, 1.807) is 0 Å². The van der Waals surface area contributed by atoms with Crippen molar-refractivity contribution in [3.8, 4) is 0 Å². The largest absolute Gasteiger partial charge is 0.326 e. The van der Waals surface area contributed by atoms with Crippen molar-refractivity contribution in [2.75, 3.05) is 33.7 Å². The SMILES string of the molecule is CN(C)C1CCCN(CCCC(C)(C)N)C1. The number of piperidine rings is 1. The van der Waals surface area contributed by atoms with Gasteiger partial charge in [0.25, 0.3) is 0 Å². The van der Waals surface area contributed by atoms with Gasteiger partial charge in [-0.25, -0.2) is 0 Å². The molecule has 1 heterocycles. The van der Waals surface area contributed by atoms with E-state index in [2.05, 4.69) is 37.7 Å². The van der Waals surface area contributed by atoms with Crippen molar-refractivity contribution in [1.82, 2.24) is 9.80 Å². The highest BCUT2D eigenvalue weighted by molar-refractivity contribution is 4.79. The predicted octanol–water partition coefficient (Wildman–Crippen LogP) is 1.53. The molecule has 0 spiro atoms. The van der Waals surface area contributed by atoms with Gasteiger partial charge in [0.15, 0.2) is 0 Å². The maximum atomic E-state index is 6.00. The van der Waals surface area contributed by atoms with E-state index in [-0.39, 0.29) is 5.54 Å².